The summed E-state index contributed by atoms with van der Waals surface area (Å²) in [6.07, 6.45) is 0. The Morgan fingerprint density at radius 3 is 2.94 bits per heavy atom. The molecule has 0 spiro atoms. The lowest BCUT2D eigenvalue weighted by atomic mass is 10.3. The Hall–Kier alpha value is -1.66. The van der Waals surface area contributed by atoms with Crippen molar-refractivity contribution in [2.75, 3.05) is 33.0 Å². The van der Waals surface area contributed by atoms with Crippen molar-refractivity contribution in [3.63, 3.8) is 0 Å². The van der Waals surface area contributed by atoms with Gasteiger partial charge in [0.05, 0.1) is 19.8 Å². The summed E-state index contributed by atoms with van der Waals surface area (Å²) in [5.41, 5.74) is 0. The molecule has 0 heterocycles. The molecule has 100 valence electrons. The van der Waals surface area contributed by atoms with Crippen LogP contribution < -0.4 is 10.1 Å². The summed E-state index contributed by atoms with van der Waals surface area (Å²) in [4.78, 5) is 11.3. The average Bonchev–Trinajstić information content (AvgIpc) is 2.36. The topological polar surface area (TPSA) is 67.8 Å². The molecule has 5 nitrogen and oxygen atoms in total. The summed E-state index contributed by atoms with van der Waals surface area (Å²) in [5.74, 6) is -0.418. The maximum atomic E-state index is 12.8. The fourth-order valence-electron chi connectivity index (χ4n) is 1.19. The third kappa shape index (κ3) is 6.17. The first kappa shape index (κ1) is 14.4. The minimum absolute atomic E-state index is 0.0450. The number of ether oxygens (including phenoxy) is 2. The molecule has 0 bridgehead atoms. The van der Waals surface area contributed by atoms with Crippen LogP contribution in [0.15, 0.2) is 24.3 Å². The first-order chi connectivity index (χ1) is 8.72. The first-order valence-electron chi connectivity index (χ1n) is 5.56. The highest BCUT2D eigenvalue weighted by Gasteiger charge is 2.02. The number of nitrogens with one attached hydrogen (secondary N) is 1. The van der Waals surface area contributed by atoms with Crippen molar-refractivity contribution in [2.45, 2.75) is 0 Å². The summed E-state index contributed by atoms with van der Waals surface area (Å²) in [7, 11) is 0. The van der Waals surface area contributed by atoms with E-state index >= 15 is 0 Å². The van der Waals surface area contributed by atoms with Crippen LogP contribution in [-0.2, 0) is 9.53 Å². The molecule has 18 heavy (non-hydrogen) atoms. The van der Waals surface area contributed by atoms with Crippen LogP contribution in [-0.4, -0.2) is 44.0 Å². The van der Waals surface area contributed by atoms with E-state index in [-0.39, 0.29) is 25.7 Å². The van der Waals surface area contributed by atoms with Gasteiger partial charge < -0.3 is 19.9 Å². The number of hydrogen-bond donors (Lipinski definition) is 2. The minimum atomic E-state index is -0.412. The van der Waals surface area contributed by atoms with Crippen molar-refractivity contribution in [2.24, 2.45) is 0 Å². The molecule has 1 rings (SSSR count). The Bertz CT molecular complexity index is 373. The predicted octanol–water partition coefficient (Wildman–Crippen LogP) is 0.330. The van der Waals surface area contributed by atoms with E-state index in [4.69, 9.17) is 14.6 Å². The van der Waals surface area contributed by atoms with E-state index in [1.807, 2.05) is 0 Å². The molecular formula is C12H16FNO4. The monoisotopic (exact) mass is 257 g/mol. The molecule has 1 amide bonds. The molecule has 0 unspecified atom stereocenters. The van der Waals surface area contributed by atoms with Gasteiger partial charge in [0.25, 0.3) is 5.91 Å². The van der Waals surface area contributed by atoms with Gasteiger partial charge in [0.15, 0.2) is 6.61 Å². The van der Waals surface area contributed by atoms with Gasteiger partial charge in [-0.25, -0.2) is 4.39 Å². The fourth-order valence-corrected chi connectivity index (χ4v) is 1.19. The van der Waals surface area contributed by atoms with E-state index in [0.29, 0.717) is 18.9 Å². The van der Waals surface area contributed by atoms with Gasteiger partial charge in [-0.2, -0.15) is 0 Å². The van der Waals surface area contributed by atoms with Crippen LogP contribution in [0.3, 0.4) is 0 Å². The van der Waals surface area contributed by atoms with Crippen LogP contribution >= 0.6 is 0 Å². The largest absolute Gasteiger partial charge is 0.484 e. The van der Waals surface area contributed by atoms with Gasteiger partial charge in [-0.15, -0.1) is 0 Å². The summed E-state index contributed by atoms with van der Waals surface area (Å²) in [6.45, 7) is 0.688. The van der Waals surface area contributed by atoms with E-state index < -0.39 is 5.82 Å². The molecule has 6 heteroatoms. The lowest BCUT2D eigenvalue weighted by molar-refractivity contribution is -0.123. The van der Waals surface area contributed by atoms with Gasteiger partial charge in [-0.05, 0) is 12.1 Å². The number of hydrogen-bond acceptors (Lipinski definition) is 4. The molecular weight excluding hydrogens is 241 g/mol. The van der Waals surface area contributed by atoms with Gasteiger partial charge in [-0.1, -0.05) is 6.07 Å². The van der Waals surface area contributed by atoms with Crippen molar-refractivity contribution >= 4 is 5.91 Å². The Morgan fingerprint density at radius 2 is 2.22 bits per heavy atom. The zero-order chi connectivity index (χ0) is 13.2. The number of rotatable bonds is 8. The molecule has 0 fully saturated rings. The van der Waals surface area contributed by atoms with Crippen LogP contribution in [0.25, 0.3) is 0 Å². The zero-order valence-corrected chi connectivity index (χ0v) is 9.89. The lowest BCUT2D eigenvalue weighted by Crippen LogP contribution is -2.31. The third-order valence-corrected chi connectivity index (χ3v) is 1.97. The van der Waals surface area contributed by atoms with E-state index in [1.165, 1.54) is 18.2 Å². The van der Waals surface area contributed by atoms with Gasteiger partial charge in [0.2, 0.25) is 0 Å². The second-order valence-corrected chi connectivity index (χ2v) is 3.43. The Balaban J connectivity index is 2.13. The molecule has 0 radical (unpaired) electrons. The number of carbonyl (C=O) groups is 1. The standard InChI is InChI=1S/C12H16FNO4/c13-10-2-1-3-11(8-10)18-9-12(16)14-4-6-17-7-5-15/h1-3,8,15H,4-7,9H2,(H,14,16). The van der Waals surface area contributed by atoms with Crippen LogP contribution in [0.2, 0.25) is 0 Å². The highest BCUT2D eigenvalue weighted by Crippen LogP contribution is 2.11. The predicted molar refractivity (Wildman–Crippen MR) is 62.8 cm³/mol. The minimum Gasteiger partial charge on any atom is -0.484 e. The Morgan fingerprint density at radius 1 is 1.39 bits per heavy atom. The van der Waals surface area contributed by atoms with E-state index in [2.05, 4.69) is 5.32 Å². The smallest absolute Gasteiger partial charge is 0.258 e. The first-order valence-corrected chi connectivity index (χ1v) is 5.56. The number of aliphatic hydroxyl groups excluding tert-OH is 1. The molecule has 0 aliphatic carbocycles. The summed E-state index contributed by atoms with van der Waals surface area (Å²) < 4.78 is 22.8. The number of aliphatic hydroxyl groups is 1. The number of halogens is 1. The normalized spacial score (nSPS) is 10.1. The van der Waals surface area contributed by atoms with Crippen LogP contribution in [0.1, 0.15) is 0 Å². The molecule has 0 atom stereocenters. The maximum Gasteiger partial charge on any atom is 0.258 e. The SMILES string of the molecule is O=C(COc1cccc(F)c1)NCCOCCO. The van der Waals surface area contributed by atoms with Crippen molar-refractivity contribution < 1.29 is 23.8 Å². The molecule has 0 aliphatic heterocycles. The van der Waals surface area contributed by atoms with Gasteiger partial charge >= 0.3 is 0 Å². The average molecular weight is 257 g/mol. The number of benzene rings is 1. The molecule has 0 saturated carbocycles. The van der Waals surface area contributed by atoms with Gasteiger partial charge in [-0.3, -0.25) is 4.79 Å². The molecule has 1 aromatic rings. The van der Waals surface area contributed by atoms with Gasteiger partial charge in [0.1, 0.15) is 11.6 Å². The van der Waals surface area contributed by atoms with Crippen LogP contribution in [0.5, 0.6) is 5.75 Å². The van der Waals surface area contributed by atoms with Crippen LogP contribution in [0.4, 0.5) is 4.39 Å². The highest BCUT2D eigenvalue weighted by molar-refractivity contribution is 5.77. The maximum absolute atomic E-state index is 12.8. The number of carbonyl (C=O) groups excluding carboxylic acids is 1. The molecule has 1 aromatic carbocycles. The molecule has 2 N–H and O–H groups in total. The zero-order valence-electron chi connectivity index (χ0n) is 9.89. The summed E-state index contributed by atoms with van der Waals surface area (Å²) in [5, 5.41) is 11.0. The van der Waals surface area contributed by atoms with E-state index in [1.54, 1.807) is 6.07 Å². The lowest BCUT2D eigenvalue weighted by Gasteiger charge is -2.07. The Kier molecular flexibility index (Phi) is 6.75. The van der Waals surface area contributed by atoms with Crippen LogP contribution in [0, 0.1) is 5.82 Å². The molecule has 0 aromatic heterocycles. The number of amides is 1. The summed E-state index contributed by atoms with van der Waals surface area (Å²) in [6, 6.07) is 5.58. The second-order valence-electron chi connectivity index (χ2n) is 3.43. The quantitative estimate of drug-likeness (QED) is 0.659. The highest BCUT2D eigenvalue weighted by atomic mass is 19.1. The van der Waals surface area contributed by atoms with Crippen molar-refractivity contribution in [1.29, 1.82) is 0 Å². The van der Waals surface area contributed by atoms with Gasteiger partial charge in [0, 0.05) is 12.6 Å². The fraction of sp³-hybridized carbons (Fsp3) is 0.417. The van der Waals surface area contributed by atoms with Crippen molar-refractivity contribution in [3.05, 3.63) is 30.1 Å². The van der Waals surface area contributed by atoms with E-state index in [9.17, 15) is 9.18 Å². The molecule has 0 saturated heterocycles. The second kappa shape index (κ2) is 8.43. The van der Waals surface area contributed by atoms with E-state index in [0.717, 1.165) is 0 Å². The van der Waals surface area contributed by atoms with Crippen molar-refractivity contribution in [1.82, 2.24) is 5.32 Å². The van der Waals surface area contributed by atoms with Crippen molar-refractivity contribution in [3.8, 4) is 5.75 Å². The molecule has 0 aliphatic rings. The Labute approximate surface area is 105 Å². The summed E-state index contributed by atoms with van der Waals surface area (Å²) >= 11 is 0. The third-order valence-electron chi connectivity index (χ3n) is 1.97.